The van der Waals surface area contributed by atoms with Gasteiger partial charge in [-0.3, -0.25) is 4.79 Å². The number of ether oxygens (including phenoxy) is 2. The Labute approximate surface area is 164 Å². The molecule has 3 N–H and O–H groups in total. The van der Waals surface area contributed by atoms with Crippen LogP contribution < -0.4 is 20.7 Å². The summed E-state index contributed by atoms with van der Waals surface area (Å²) in [7, 11) is 1.57. The SMILES string of the molecule is CCOC(=O)N1CCC(NC(=O)CCNC(=O)Nc2ccc(OC)cc2)CC1. The number of hydrogen-bond donors (Lipinski definition) is 3. The van der Waals surface area contributed by atoms with E-state index in [9.17, 15) is 14.4 Å². The third-order valence-electron chi connectivity index (χ3n) is 4.37. The molecule has 1 aromatic rings. The zero-order chi connectivity index (χ0) is 20.4. The smallest absolute Gasteiger partial charge is 0.409 e. The number of anilines is 1. The van der Waals surface area contributed by atoms with Crippen molar-refractivity contribution in [3.63, 3.8) is 0 Å². The van der Waals surface area contributed by atoms with Crippen LogP contribution in [-0.4, -0.2) is 62.3 Å². The lowest BCUT2D eigenvalue weighted by Crippen LogP contribution is -2.47. The van der Waals surface area contributed by atoms with Crippen molar-refractivity contribution in [2.24, 2.45) is 0 Å². The van der Waals surface area contributed by atoms with Gasteiger partial charge in [-0.15, -0.1) is 0 Å². The monoisotopic (exact) mass is 392 g/mol. The Kier molecular flexibility index (Phi) is 8.38. The van der Waals surface area contributed by atoms with Gasteiger partial charge in [0.2, 0.25) is 5.91 Å². The first-order chi connectivity index (χ1) is 13.5. The number of carbonyl (C=O) groups is 3. The maximum atomic E-state index is 12.0. The molecule has 1 aliphatic rings. The molecule has 1 fully saturated rings. The molecule has 0 unspecified atom stereocenters. The summed E-state index contributed by atoms with van der Waals surface area (Å²) in [5.74, 6) is 0.579. The molecule has 9 nitrogen and oxygen atoms in total. The Morgan fingerprint density at radius 1 is 1.14 bits per heavy atom. The minimum atomic E-state index is -0.374. The first kappa shape index (κ1) is 21.3. The molecule has 0 aromatic heterocycles. The number of piperidine rings is 1. The lowest BCUT2D eigenvalue weighted by atomic mass is 10.1. The van der Waals surface area contributed by atoms with Crippen LogP contribution in [0, 0.1) is 0 Å². The van der Waals surface area contributed by atoms with Gasteiger partial charge in [-0.2, -0.15) is 0 Å². The molecule has 1 aliphatic heterocycles. The molecule has 2 rings (SSSR count). The number of nitrogens with zero attached hydrogens (tertiary/aromatic N) is 1. The van der Waals surface area contributed by atoms with Gasteiger partial charge in [0.05, 0.1) is 13.7 Å². The molecule has 1 heterocycles. The number of amides is 4. The summed E-state index contributed by atoms with van der Waals surface area (Å²) in [6.45, 7) is 3.48. The largest absolute Gasteiger partial charge is 0.497 e. The minimum absolute atomic E-state index is 0.0336. The number of likely N-dealkylation sites (tertiary alicyclic amines) is 1. The Balaban J connectivity index is 1.60. The van der Waals surface area contributed by atoms with Crippen molar-refractivity contribution in [2.45, 2.75) is 32.2 Å². The summed E-state index contributed by atoms with van der Waals surface area (Å²) in [6, 6.07) is 6.61. The number of rotatable bonds is 7. The van der Waals surface area contributed by atoms with Crippen molar-refractivity contribution in [3.05, 3.63) is 24.3 Å². The summed E-state index contributed by atoms with van der Waals surface area (Å²) in [5, 5.41) is 8.28. The second-order valence-electron chi connectivity index (χ2n) is 6.39. The Morgan fingerprint density at radius 3 is 2.43 bits per heavy atom. The molecule has 0 aliphatic carbocycles. The highest BCUT2D eigenvalue weighted by Crippen LogP contribution is 2.14. The highest BCUT2D eigenvalue weighted by Gasteiger charge is 2.24. The molecule has 0 radical (unpaired) electrons. The predicted octanol–water partition coefficient (Wildman–Crippen LogP) is 1.94. The molecular formula is C19H28N4O5. The van der Waals surface area contributed by atoms with E-state index >= 15 is 0 Å². The van der Waals surface area contributed by atoms with Crippen molar-refractivity contribution >= 4 is 23.7 Å². The molecule has 9 heteroatoms. The van der Waals surface area contributed by atoms with E-state index in [-0.39, 0.29) is 37.0 Å². The maximum Gasteiger partial charge on any atom is 0.409 e. The van der Waals surface area contributed by atoms with Crippen molar-refractivity contribution in [3.8, 4) is 5.75 Å². The topological polar surface area (TPSA) is 109 Å². The van der Waals surface area contributed by atoms with Crippen molar-refractivity contribution < 1.29 is 23.9 Å². The maximum absolute atomic E-state index is 12.0. The number of hydrogen-bond acceptors (Lipinski definition) is 5. The third-order valence-corrected chi connectivity index (χ3v) is 4.37. The number of nitrogens with one attached hydrogen (secondary N) is 3. The van der Waals surface area contributed by atoms with Gasteiger partial charge in [0.15, 0.2) is 0 Å². The van der Waals surface area contributed by atoms with E-state index in [1.807, 2.05) is 0 Å². The van der Waals surface area contributed by atoms with Crippen LogP contribution in [0.1, 0.15) is 26.2 Å². The third kappa shape index (κ3) is 6.98. The van der Waals surface area contributed by atoms with Crippen LogP contribution in [0.5, 0.6) is 5.75 Å². The zero-order valence-corrected chi connectivity index (χ0v) is 16.3. The second-order valence-corrected chi connectivity index (χ2v) is 6.39. The lowest BCUT2D eigenvalue weighted by Gasteiger charge is -2.31. The quantitative estimate of drug-likeness (QED) is 0.657. The fourth-order valence-electron chi connectivity index (χ4n) is 2.86. The standard InChI is InChI=1S/C19H28N4O5/c1-3-28-19(26)23-12-9-15(10-13-23)21-17(24)8-11-20-18(25)22-14-4-6-16(27-2)7-5-14/h4-7,15H,3,8-13H2,1-2H3,(H,21,24)(H2,20,22,25). The first-order valence-electron chi connectivity index (χ1n) is 9.41. The Morgan fingerprint density at radius 2 is 1.82 bits per heavy atom. The zero-order valence-electron chi connectivity index (χ0n) is 16.3. The van der Waals surface area contributed by atoms with Gasteiger partial charge in [0.25, 0.3) is 0 Å². The van der Waals surface area contributed by atoms with Crippen LogP contribution >= 0.6 is 0 Å². The van der Waals surface area contributed by atoms with Crippen LogP contribution in [0.25, 0.3) is 0 Å². The second kappa shape index (κ2) is 11.0. The van der Waals surface area contributed by atoms with E-state index in [4.69, 9.17) is 9.47 Å². The summed E-state index contributed by atoms with van der Waals surface area (Å²) in [4.78, 5) is 37.2. The molecule has 154 valence electrons. The fourth-order valence-corrected chi connectivity index (χ4v) is 2.86. The first-order valence-corrected chi connectivity index (χ1v) is 9.41. The van der Waals surface area contributed by atoms with Gasteiger partial charge in [0.1, 0.15) is 5.75 Å². The van der Waals surface area contributed by atoms with Gasteiger partial charge in [-0.1, -0.05) is 0 Å². The van der Waals surface area contributed by atoms with Crippen LogP contribution in [0.2, 0.25) is 0 Å². The van der Waals surface area contributed by atoms with Crippen LogP contribution in [0.15, 0.2) is 24.3 Å². The van der Waals surface area contributed by atoms with E-state index in [0.717, 1.165) is 0 Å². The van der Waals surface area contributed by atoms with E-state index in [1.165, 1.54) is 0 Å². The average Bonchev–Trinajstić information content (AvgIpc) is 2.69. The van der Waals surface area contributed by atoms with E-state index in [0.29, 0.717) is 44.0 Å². The van der Waals surface area contributed by atoms with Gasteiger partial charge >= 0.3 is 12.1 Å². The summed E-state index contributed by atoms with van der Waals surface area (Å²) >= 11 is 0. The molecule has 1 saturated heterocycles. The molecule has 0 spiro atoms. The van der Waals surface area contributed by atoms with Crippen LogP contribution in [0.4, 0.5) is 15.3 Å². The predicted molar refractivity (Wildman–Crippen MR) is 104 cm³/mol. The fraction of sp³-hybridized carbons (Fsp3) is 0.526. The molecule has 1 aromatic carbocycles. The number of methoxy groups -OCH3 is 1. The van der Waals surface area contributed by atoms with Crippen molar-refractivity contribution in [2.75, 3.05) is 38.7 Å². The molecule has 0 saturated carbocycles. The van der Waals surface area contributed by atoms with Crippen molar-refractivity contribution in [1.82, 2.24) is 15.5 Å². The highest BCUT2D eigenvalue weighted by atomic mass is 16.6. The van der Waals surface area contributed by atoms with Crippen LogP contribution in [0.3, 0.4) is 0 Å². The normalized spacial score (nSPS) is 14.1. The molecule has 28 heavy (non-hydrogen) atoms. The molecule has 4 amide bonds. The molecule has 0 atom stereocenters. The highest BCUT2D eigenvalue weighted by molar-refractivity contribution is 5.89. The van der Waals surface area contributed by atoms with E-state index in [2.05, 4.69) is 16.0 Å². The van der Waals surface area contributed by atoms with E-state index in [1.54, 1.807) is 43.2 Å². The Hall–Kier alpha value is -2.97. The van der Waals surface area contributed by atoms with Gasteiger partial charge in [-0.05, 0) is 44.0 Å². The average molecular weight is 392 g/mol. The summed E-state index contributed by atoms with van der Waals surface area (Å²) < 4.78 is 10.0. The van der Waals surface area contributed by atoms with Crippen molar-refractivity contribution in [1.29, 1.82) is 0 Å². The lowest BCUT2D eigenvalue weighted by molar-refractivity contribution is -0.121. The summed E-state index contributed by atoms with van der Waals surface area (Å²) in [5.41, 5.74) is 0.635. The van der Waals surface area contributed by atoms with Gasteiger partial charge in [0, 0.05) is 37.8 Å². The minimum Gasteiger partial charge on any atom is -0.497 e. The number of urea groups is 1. The number of carbonyl (C=O) groups excluding carboxylic acids is 3. The van der Waals surface area contributed by atoms with Gasteiger partial charge < -0.3 is 30.3 Å². The Bertz CT molecular complexity index is 657. The number of benzene rings is 1. The van der Waals surface area contributed by atoms with Crippen LogP contribution in [-0.2, 0) is 9.53 Å². The van der Waals surface area contributed by atoms with E-state index < -0.39 is 0 Å². The summed E-state index contributed by atoms with van der Waals surface area (Å²) in [6.07, 6.45) is 1.26. The molecular weight excluding hydrogens is 364 g/mol. The molecule has 0 bridgehead atoms. The van der Waals surface area contributed by atoms with Gasteiger partial charge in [-0.25, -0.2) is 9.59 Å².